The van der Waals surface area contributed by atoms with Crippen LogP contribution < -0.4 is 5.73 Å². The van der Waals surface area contributed by atoms with E-state index in [1.807, 2.05) is 6.92 Å². The first-order valence-electron chi connectivity index (χ1n) is 6.94. The van der Waals surface area contributed by atoms with E-state index < -0.39 is 0 Å². The Morgan fingerprint density at radius 1 is 1.44 bits per heavy atom. The van der Waals surface area contributed by atoms with E-state index in [0.29, 0.717) is 6.04 Å². The van der Waals surface area contributed by atoms with E-state index in [2.05, 4.69) is 21.8 Å². The fraction of sp³-hybridized carbons (Fsp3) is 0.714. The lowest BCUT2D eigenvalue weighted by Crippen LogP contribution is -2.38. The van der Waals surface area contributed by atoms with Crippen LogP contribution in [0.3, 0.4) is 0 Å². The van der Waals surface area contributed by atoms with E-state index >= 15 is 0 Å². The Labute approximate surface area is 110 Å². The van der Waals surface area contributed by atoms with Gasteiger partial charge in [-0.15, -0.1) is 0 Å². The van der Waals surface area contributed by atoms with Gasteiger partial charge in [-0.05, 0) is 52.1 Å². The smallest absolute Gasteiger partial charge is 0.0784 e. The van der Waals surface area contributed by atoms with Gasteiger partial charge in [0.2, 0.25) is 0 Å². The van der Waals surface area contributed by atoms with E-state index in [0.717, 1.165) is 43.4 Å². The lowest BCUT2D eigenvalue weighted by molar-refractivity contribution is 0.125. The molecule has 0 radical (unpaired) electrons. The fourth-order valence-corrected chi connectivity index (χ4v) is 2.92. The minimum absolute atomic E-state index is 0.360. The molecule has 1 aliphatic heterocycles. The van der Waals surface area contributed by atoms with Gasteiger partial charge in [0.15, 0.2) is 0 Å². The molecule has 2 unspecified atom stereocenters. The highest BCUT2D eigenvalue weighted by Crippen LogP contribution is 2.27. The third-order valence-electron chi connectivity index (χ3n) is 3.99. The third kappa shape index (κ3) is 3.06. The summed E-state index contributed by atoms with van der Waals surface area (Å²) < 4.78 is 0. The van der Waals surface area contributed by atoms with Crippen molar-refractivity contribution in [3.8, 4) is 0 Å². The highest BCUT2D eigenvalue weighted by atomic mass is 15.2. The third-order valence-corrected chi connectivity index (χ3v) is 3.99. The first-order chi connectivity index (χ1) is 8.72. The molecular formula is C14H24N4. The van der Waals surface area contributed by atoms with Crippen LogP contribution in [0.2, 0.25) is 0 Å². The molecule has 4 heteroatoms. The number of nitrogens with two attached hydrogens (primary N) is 1. The van der Waals surface area contributed by atoms with Crippen LogP contribution in [0.1, 0.15) is 43.6 Å². The number of likely N-dealkylation sites (tertiary alicyclic amines) is 1. The van der Waals surface area contributed by atoms with Gasteiger partial charge in [0.1, 0.15) is 0 Å². The number of aryl methyl sites for hydroxylation is 1. The van der Waals surface area contributed by atoms with E-state index in [9.17, 15) is 0 Å². The molecule has 1 aromatic rings. The van der Waals surface area contributed by atoms with Crippen molar-refractivity contribution in [3.05, 3.63) is 23.8 Å². The van der Waals surface area contributed by atoms with Crippen molar-refractivity contribution in [3.63, 3.8) is 0 Å². The van der Waals surface area contributed by atoms with Crippen molar-refractivity contribution in [1.82, 2.24) is 14.9 Å². The summed E-state index contributed by atoms with van der Waals surface area (Å²) >= 11 is 0. The average Bonchev–Trinajstić information content (AvgIpc) is 2.39. The van der Waals surface area contributed by atoms with Crippen LogP contribution in [-0.2, 0) is 0 Å². The zero-order valence-electron chi connectivity index (χ0n) is 11.5. The average molecular weight is 248 g/mol. The maximum atomic E-state index is 5.68. The van der Waals surface area contributed by atoms with Crippen molar-refractivity contribution in [2.45, 2.75) is 39.2 Å². The highest BCUT2D eigenvalue weighted by Gasteiger charge is 2.25. The topological polar surface area (TPSA) is 55.0 Å². The maximum Gasteiger partial charge on any atom is 0.0784 e. The van der Waals surface area contributed by atoms with Gasteiger partial charge < -0.3 is 5.73 Å². The largest absolute Gasteiger partial charge is 0.330 e. The lowest BCUT2D eigenvalue weighted by Gasteiger charge is -2.36. The predicted octanol–water partition coefficient (Wildman–Crippen LogP) is 1.91. The van der Waals surface area contributed by atoms with Crippen LogP contribution in [0, 0.1) is 12.8 Å². The molecule has 2 heterocycles. The number of hydrogen-bond acceptors (Lipinski definition) is 4. The fourth-order valence-electron chi connectivity index (χ4n) is 2.92. The van der Waals surface area contributed by atoms with Gasteiger partial charge in [0.05, 0.1) is 17.4 Å². The van der Waals surface area contributed by atoms with Gasteiger partial charge in [0, 0.05) is 18.9 Å². The molecule has 2 rings (SSSR count). The van der Waals surface area contributed by atoms with Crippen LogP contribution in [0.25, 0.3) is 0 Å². The SMILES string of the molecule is Cc1nccnc1C(C)N1CCCC(CCN)C1. The first-order valence-corrected chi connectivity index (χ1v) is 6.94. The van der Waals surface area contributed by atoms with E-state index in [-0.39, 0.29) is 0 Å². The van der Waals surface area contributed by atoms with Crippen LogP contribution >= 0.6 is 0 Å². The second-order valence-electron chi connectivity index (χ2n) is 5.28. The molecular weight excluding hydrogens is 224 g/mol. The molecule has 18 heavy (non-hydrogen) atoms. The molecule has 2 atom stereocenters. The van der Waals surface area contributed by atoms with Gasteiger partial charge >= 0.3 is 0 Å². The van der Waals surface area contributed by atoms with Crippen LogP contribution in [0.4, 0.5) is 0 Å². The number of aromatic nitrogens is 2. The van der Waals surface area contributed by atoms with Crippen LogP contribution in [0.15, 0.2) is 12.4 Å². The minimum Gasteiger partial charge on any atom is -0.330 e. The Bertz CT molecular complexity index is 378. The Balaban J connectivity index is 2.04. The Morgan fingerprint density at radius 3 is 2.94 bits per heavy atom. The van der Waals surface area contributed by atoms with Gasteiger partial charge in [-0.2, -0.15) is 0 Å². The van der Waals surface area contributed by atoms with Crippen LogP contribution in [0.5, 0.6) is 0 Å². The molecule has 1 fully saturated rings. The lowest BCUT2D eigenvalue weighted by atomic mass is 9.93. The van der Waals surface area contributed by atoms with Crippen molar-refractivity contribution >= 4 is 0 Å². The van der Waals surface area contributed by atoms with Gasteiger partial charge in [-0.25, -0.2) is 0 Å². The predicted molar refractivity (Wildman–Crippen MR) is 73.2 cm³/mol. The van der Waals surface area contributed by atoms with Crippen molar-refractivity contribution < 1.29 is 0 Å². The van der Waals surface area contributed by atoms with E-state index in [1.165, 1.54) is 12.8 Å². The molecule has 1 saturated heterocycles. The van der Waals surface area contributed by atoms with Crippen molar-refractivity contribution in [2.75, 3.05) is 19.6 Å². The molecule has 1 aromatic heterocycles. The molecule has 0 aliphatic carbocycles. The van der Waals surface area contributed by atoms with Crippen molar-refractivity contribution in [2.24, 2.45) is 11.7 Å². The summed E-state index contributed by atoms with van der Waals surface area (Å²) in [6.45, 7) is 7.39. The number of rotatable bonds is 4. The first kappa shape index (κ1) is 13.4. The maximum absolute atomic E-state index is 5.68. The summed E-state index contributed by atoms with van der Waals surface area (Å²) in [5.74, 6) is 0.753. The molecule has 100 valence electrons. The van der Waals surface area contributed by atoms with E-state index in [1.54, 1.807) is 12.4 Å². The quantitative estimate of drug-likeness (QED) is 0.884. The molecule has 0 saturated carbocycles. The summed E-state index contributed by atoms with van der Waals surface area (Å²) in [6, 6.07) is 0.360. The summed E-state index contributed by atoms with van der Waals surface area (Å²) in [5, 5.41) is 0. The second-order valence-corrected chi connectivity index (χ2v) is 5.28. The summed E-state index contributed by atoms with van der Waals surface area (Å²) in [7, 11) is 0. The highest BCUT2D eigenvalue weighted by molar-refractivity contribution is 5.12. The molecule has 0 amide bonds. The molecule has 1 aliphatic rings. The van der Waals surface area contributed by atoms with Gasteiger partial charge in [0.25, 0.3) is 0 Å². The van der Waals surface area contributed by atoms with Gasteiger partial charge in [-0.3, -0.25) is 14.9 Å². The Kier molecular flexibility index (Phi) is 4.66. The number of piperidine rings is 1. The van der Waals surface area contributed by atoms with E-state index in [4.69, 9.17) is 5.73 Å². The standard InChI is InChI=1S/C14H24N4/c1-11-14(17-8-7-16-11)12(2)18-9-3-4-13(10-18)5-6-15/h7-8,12-13H,3-6,9-10,15H2,1-2H3. The molecule has 4 nitrogen and oxygen atoms in total. The minimum atomic E-state index is 0.360. The molecule has 0 aromatic carbocycles. The molecule has 2 N–H and O–H groups in total. The monoisotopic (exact) mass is 248 g/mol. The molecule has 0 spiro atoms. The number of hydrogen-bond donors (Lipinski definition) is 1. The second kappa shape index (κ2) is 6.25. The normalized spacial score (nSPS) is 22.9. The van der Waals surface area contributed by atoms with Crippen molar-refractivity contribution in [1.29, 1.82) is 0 Å². The zero-order valence-corrected chi connectivity index (χ0v) is 11.5. The number of nitrogens with zero attached hydrogens (tertiary/aromatic N) is 3. The molecule has 0 bridgehead atoms. The summed E-state index contributed by atoms with van der Waals surface area (Å²) in [4.78, 5) is 11.4. The summed E-state index contributed by atoms with van der Waals surface area (Å²) in [6.07, 6.45) is 7.29. The van der Waals surface area contributed by atoms with Crippen LogP contribution in [-0.4, -0.2) is 34.5 Å². The summed E-state index contributed by atoms with van der Waals surface area (Å²) in [5.41, 5.74) is 7.84. The Morgan fingerprint density at radius 2 is 2.22 bits per heavy atom. The Hall–Kier alpha value is -1.00. The van der Waals surface area contributed by atoms with Gasteiger partial charge in [-0.1, -0.05) is 0 Å². The zero-order chi connectivity index (χ0) is 13.0.